The number of hydrogen-bond acceptors (Lipinski definition) is 3. The van der Waals surface area contributed by atoms with Crippen molar-refractivity contribution in [3.05, 3.63) is 53.9 Å². The molecule has 0 fully saturated rings. The second kappa shape index (κ2) is 4.14. The molecule has 3 rings (SSSR count). The predicted octanol–water partition coefficient (Wildman–Crippen LogP) is 1.87. The number of benzene rings is 1. The summed E-state index contributed by atoms with van der Waals surface area (Å²) in [6.45, 7) is 5.82. The smallest absolute Gasteiger partial charge is 0.116 e. The molecule has 0 amide bonds. The Morgan fingerprint density at radius 2 is 2.06 bits per heavy atom. The molecule has 0 spiro atoms. The first-order valence-corrected chi connectivity index (χ1v) is 5.57. The normalized spacial score (nSPS) is 14.7. The SMILES string of the molecule is C=C1COCc2nnn(Cc3ccccc3)c21. The minimum atomic E-state index is 0.531. The first kappa shape index (κ1) is 10.2. The first-order valence-electron chi connectivity index (χ1n) is 5.57. The molecule has 0 aliphatic carbocycles. The molecule has 17 heavy (non-hydrogen) atoms. The van der Waals surface area contributed by atoms with Gasteiger partial charge >= 0.3 is 0 Å². The summed E-state index contributed by atoms with van der Waals surface area (Å²) in [5, 5.41) is 8.30. The zero-order chi connectivity index (χ0) is 11.7. The van der Waals surface area contributed by atoms with Crippen molar-refractivity contribution in [1.82, 2.24) is 15.0 Å². The molecule has 2 heterocycles. The number of nitrogens with zero attached hydrogens (tertiary/aromatic N) is 3. The lowest BCUT2D eigenvalue weighted by atomic mass is 10.1. The largest absolute Gasteiger partial charge is 0.370 e. The molecule has 1 aromatic carbocycles. The predicted molar refractivity (Wildman–Crippen MR) is 64.3 cm³/mol. The Kier molecular flexibility index (Phi) is 2.49. The van der Waals surface area contributed by atoms with Crippen LogP contribution in [0.3, 0.4) is 0 Å². The Balaban J connectivity index is 1.94. The maximum absolute atomic E-state index is 5.36. The van der Waals surface area contributed by atoms with Gasteiger partial charge < -0.3 is 4.74 Å². The highest BCUT2D eigenvalue weighted by Crippen LogP contribution is 2.22. The fraction of sp³-hybridized carbons (Fsp3) is 0.231. The van der Waals surface area contributed by atoms with Crippen LogP contribution in [0.5, 0.6) is 0 Å². The van der Waals surface area contributed by atoms with E-state index in [1.807, 2.05) is 22.9 Å². The van der Waals surface area contributed by atoms with Crippen molar-refractivity contribution in [3.63, 3.8) is 0 Å². The highest BCUT2D eigenvalue weighted by molar-refractivity contribution is 5.64. The molecule has 0 unspecified atom stereocenters. The molecule has 0 N–H and O–H groups in total. The molecule has 1 aliphatic heterocycles. The van der Waals surface area contributed by atoms with E-state index in [1.54, 1.807) is 0 Å². The third-order valence-corrected chi connectivity index (χ3v) is 2.83. The van der Waals surface area contributed by atoms with E-state index < -0.39 is 0 Å². The van der Waals surface area contributed by atoms with Gasteiger partial charge in [0, 0.05) is 0 Å². The summed E-state index contributed by atoms with van der Waals surface area (Å²) in [4.78, 5) is 0. The summed E-state index contributed by atoms with van der Waals surface area (Å²) >= 11 is 0. The van der Waals surface area contributed by atoms with Gasteiger partial charge in [-0.1, -0.05) is 42.1 Å². The lowest BCUT2D eigenvalue weighted by Crippen LogP contribution is -2.13. The third kappa shape index (κ3) is 1.87. The Bertz CT molecular complexity index is 545. The quantitative estimate of drug-likeness (QED) is 0.786. The van der Waals surface area contributed by atoms with Gasteiger partial charge in [-0.05, 0) is 11.1 Å². The number of aromatic nitrogens is 3. The van der Waals surface area contributed by atoms with Crippen LogP contribution in [-0.4, -0.2) is 21.6 Å². The van der Waals surface area contributed by atoms with Gasteiger partial charge in [0.2, 0.25) is 0 Å². The highest BCUT2D eigenvalue weighted by atomic mass is 16.5. The summed E-state index contributed by atoms with van der Waals surface area (Å²) in [5.74, 6) is 0. The van der Waals surface area contributed by atoms with Crippen molar-refractivity contribution in [3.8, 4) is 0 Å². The molecule has 0 saturated carbocycles. The van der Waals surface area contributed by atoms with Gasteiger partial charge in [0.05, 0.1) is 25.5 Å². The van der Waals surface area contributed by atoms with Crippen molar-refractivity contribution in [2.24, 2.45) is 0 Å². The number of hydrogen-bond donors (Lipinski definition) is 0. The molecule has 0 saturated heterocycles. The van der Waals surface area contributed by atoms with E-state index in [0.29, 0.717) is 13.2 Å². The van der Waals surface area contributed by atoms with E-state index in [1.165, 1.54) is 5.56 Å². The van der Waals surface area contributed by atoms with Gasteiger partial charge in [-0.25, -0.2) is 4.68 Å². The maximum atomic E-state index is 5.36. The fourth-order valence-electron chi connectivity index (χ4n) is 2.04. The first-order chi connectivity index (χ1) is 8.34. The number of ether oxygens (including phenoxy) is 1. The molecule has 0 radical (unpaired) electrons. The molecule has 86 valence electrons. The van der Waals surface area contributed by atoms with E-state index in [-0.39, 0.29) is 0 Å². The standard InChI is InChI=1S/C13H13N3O/c1-10-8-17-9-12-13(10)16(15-14-12)7-11-5-3-2-4-6-11/h2-6H,1,7-9H2. The molecule has 0 atom stereocenters. The molecule has 1 aliphatic rings. The van der Waals surface area contributed by atoms with Gasteiger partial charge in [0.1, 0.15) is 5.69 Å². The average molecular weight is 227 g/mol. The maximum Gasteiger partial charge on any atom is 0.116 e. The van der Waals surface area contributed by atoms with Crippen LogP contribution in [0.15, 0.2) is 36.9 Å². The Morgan fingerprint density at radius 1 is 1.24 bits per heavy atom. The summed E-state index contributed by atoms with van der Waals surface area (Å²) in [7, 11) is 0. The van der Waals surface area contributed by atoms with E-state index in [0.717, 1.165) is 23.5 Å². The van der Waals surface area contributed by atoms with Crippen LogP contribution in [0.1, 0.15) is 17.0 Å². The molecule has 1 aromatic heterocycles. The van der Waals surface area contributed by atoms with Crippen LogP contribution < -0.4 is 0 Å². The summed E-state index contributed by atoms with van der Waals surface area (Å²) in [5.41, 5.74) is 4.07. The van der Waals surface area contributed by atoms with Crippen LogP contribution in [-0.2, 0) is 17.9 Å². The summed E-state index contributed by atoms with van der Waals surface area (Å²) < 4.78 is 7.25. The van der Waals surface area contributed by atoms with E-state index in [4.69, 9.17) is 4.74 Å². The van der Waals surface area contributed by atoms with Gasteiger partial charge in [-0.2, -0.15) is 0 Å². The topological polar surface area (TPSA) is 39.9 Å². The van der Waals surface area contributed by atoms with Gasteiger partial charge in [-0.3, -0.25) is 0 Å². The van der Waals surface area contributed by atoms with Crippen LogP contribution in [0.2, 0.25) is 0 Å². The molecular weight excluding hydrogens is 214 g/mol. The molecule has 4 nitrogen and oxygen atoms in total. The molecule has 4 heteroatoms. The van der Waals surface area contributed by atoms with Gasteiger partial charge in [0.25, 0.3) is 0 Å². The fourth-order valence-corrected chi connectivity index (χ4v) is 2.04. The van der Waals surface area contributed by atoms with Crippen LogP contribution >= 0.6 is 0 Å². The number of rotatable bonds is 2. The second-order valence-electron chi connectivity index (χ2n) is 4.12. The molecule has 0 bridgehead atoms. The monoisotopic (exact) mass is 227 g/mol. The van der Waals surface area contributed by atoms with Gasteiger partial charge in [-0.15, -0.1) is 5.10 Å². The molecular formula is C13H13N3O. The van der Waals surface area contributed by atoms with Crippen molar-refractivity contribution in [2.45, 2.75) is 13.2 Å². The average Bonchev–Trinajstić information content (AvgIpc) is 2.75. The zero-order valence-electron chi connectivity index (χ0n) is 9.47. The summed E-state index contributed by atoms with van der Waals surface area (Å²) in [6.07, 6.45) is 0. The van der Waals surface area contributed by atoms with E-state index in [9.17, 15) is 0 Å². The summed E-state index contributed by atoms with van der Waals surface area (Å²) in [6, 6.07) is 10.2. The van der Waals surface area contributed by atoms with Crippen molar-refractivity contribution >= 4 is 5.57 Å². The van der Waals surface area contributed by atoms with E-state index in [2.05, 4.69) is 29.0 Å². The van der Waals surface area contributed by atoms with Crippen molar-refractivity contribution < 1.29 is 4.74 Å². The number of fused-ring (bicyclic) bond motifs is 1. The van der Waals surface area contributed by atoms with Crippen LogP contribution in [0, 0.1) is 0 Å². The van der Waals surface area contributed by atoms with E-state index >= 15 is 0 Å². The zero-order valence-corrected chi connectivity index (χ0v) is 9.47. The minimum Gasteiger partial charge on any atom is -0.370 e. The van der Waals surface area contributed by atoms with Crippen LogP contribution in [0.25, 0.3) is 5.57 Å². The third-order valence-electron chi connectivity index (χ3n) is 2.83. The minimum absolute atomic E-state index is 0.531. The van der Waals surface area contributed by atoms with Crippen molar-refractivity contribution in [1.29, 1.82) is 0 Å². The van der Waals surface area contributed by atoms with Gasteiger partial charge in [0.15, 0.2) is 0 Å². The Labute approximate surface area is 99.5 Å². The lowest BCUT2D eigenvalue weighted by molar-refractivity contribution is 0.143. The Morgan fingerprint density at radius 3 is 2.88 bits per heavy atom. The van der Waals surface area contributed by atoms with Crippen molar-refractivity contribution in [2.75, 3.05) is 6.61 Å². The Hall–Kier alpha value is -1.94. The molecule has 2 aromatic rings. The highest BCUT2D eigenvalue weighted by Gasteiger charge is 2.20. The van der Waals surface area contributed by atoms with Crippen LogP contribution in [0.4, 0.5) is 0 Å². The lowest BCUT2D eigenvalue weighted by Gasteiger charge is -2.15. The second-order valence-corrected chi connectivity index (χ2v) is 4.12.